The Morgan fingerprint density at radius 3 is 2.59 bits per heavy atom. The maximum absolute atomic E-state index is 13.4. The Morgan fingerprint density at radius 2 is 1.85 bits per heavy atom. The van der Waals surface area contributed by atoms with Crippen LogP contribution in [0, 0.1) is 23.7 Å². The molecule has 7 heteroatoms. The number of carbonyl (C=O) groups excluding carboxylic acids is 2. The van der Waals surface area contributed by atoms with E-state index in [1.165, 1.54) is 0 Å². The molecule has 7 nitrogen and oxygen atoms in total. The zero-order chi connectivity index (χ0) is 18.4. The van der Waals surface area contributed by atoms with E-state index in [0.717, 1.165) is 12.8 Å². The molecule has 11 atom stereocenters. The van der Waals surface area contributed by atoms with Crippen molar-refractivity contribution in [3.63, 3.8) is 0 Å². The molecule has 0 radical (unpaired) electrons. The maximum atomic E-state index is 13.4. The van der Waals surface area contributed by atoms with E-state index in [1.807, 2.05) is 13.8 Å². The van der Waals surface area contributed by atoms with Gasteiger partial charge in [0.05, 0.1) is 18.1 Å². The van der Waals surface area contributed by atoms with Gasteiger partial charge in [-0.1, -0.05) is 6.92 Å². The van der Waals surface area contributed by atoms with Crippen molar-refractivity contribution in [1.29, 1.82) is 0 Å². The van der Waals surface area contributed by atoms with Crippen LogP contribution in [0.5, 0.6) is 0 Å². The number of rotatable bonds is 0. The van der Waals surface area contributed by atoms with Gasteiger partial charge >= 0.3 is 5.97 Å². The molecule has 0 bridgehead atoms. The highest BCUT2D eigenvalue weighted by Crippen LogP contribution is 2.85. The number of esters is 1. The summed E-state index contributed by atoms with van der Waals surface area (Å²) in [7, 11) is 0. The van der Waals surface area contributed by atoms with Gasteiger partial charge in [-0.3, -0.25) is 9.59 Å². The van der Waals surface area contributed by atoms with Gasteiger partial charge in [0.15, 0.2) is 17.0 Å². The second kappa shape index (κ2) is 3.40. The number of fused-ring (bicyclic) bond motifs is 4. The highest BCUT2D eigenvalue weighted by atomic mass is 16.8. The molecular weight excluding hydrogens is 352 g/mol. The molecule has 3 aliphatic carbocycles. The average molecular weight is 374 g/mol. The van der Waals surface area contributed by atoms with Crippen LogP contribution >= 0.6 is 0 Å². The van der Waals surface area contributed by atoms with Crippen LogP contribution in [0.25, 0.3) is 0 Å². The van der Waals surface area contributed by atoms with Gasteiger partial charge in [-0.05, 0) is 26.7 Å². The first-order chi connectivity index (χ1) is 12.7. The van der Waals surface area contributed by atoms with Gasteiger partial charge in [-0.25, -0.2) is 0 Å². The van der Waals surface area contributed by atoms with Crippen LogP contribution in [0.4, 0.5) is 0 Å². The third-order valence-corrected chi connectivity index (χ3v) is 9.57. The van der Waals surface area contributed by atoms with Crippen molar-refractivity contribution in [1.82, 2.24) is 0 Å². The molecule has 0 N–H and O–H groups in total. The summed E-state index contributed by atoms with van der Waals surface area (Å²) in [6, 6.07) is 0. The van der Waals surface area contributed by atoms with E-state index >= 15 is 0 Å². The fourth-order valence-electron chi connectivity index (χ4n) is 8.40. The van der Waals surface area contributed by atoms with Crippen molar-refractivity contribution in [3.05, 3.63) is 0 Å². The molecule has 8 rings (SSSR count). The van der Waals surface area contributed by atoms with Crippen LogP contribution in [0.3, 0.4) is 0 Å². The highest BCUT2D eigenvalue weighted by molar-refractivity contribution is 5.99. The van der Waals surface area contributed by atoms with Crippen LogP contribution in [0.2, 0.25) is 0 Å². The lowest BCUT2D eigenvalue weighted by Gasteiger charge is -2.42. The summed E-state index contributed by atoms with van der Waals surface area (Å²) in [6.45, 7) is 6.64. The molecule has 8 aliphatic rings. The van der Waals surface area contributed by atoms with E-state index in [1.54, 1.807) is 0 Å². The van der Waals surface area contributed by atoms with Crippen LogP contribution in [-0.2, 0) is 33.3 Å². The molecule has 8 fully saturated rings. The number of hydrogen-bond acceptors (Lipinski definition) is 7. The van der Waals surface area contributed by atoms with Gasteiger partial charge in [0.25, 0.3) is 0 Å². The minimum Gasteiger partial charge on any atom is -0.429 e. The summed E-state index contributed by atoms with van der Waals surface area (Å²) in [5.41, 5.74) is -2.93. The fraction of sp³-hybridized carbons (Fsp3) is 0.900. The van der Waals surface area contributed by atoms with Gasteiger partial charge in [-0.15, -0.1) is 0 Å². The van der Waals surface area contributed by atoms with E-state index in [9.17, 15) is 9.59 Å². The number of hydrogen-bond donors (Lipinski definition) is 0. The molecule has 5 heterocycles. The molecule has 144 valence electrons. The first-order valence-corrected chi connectivity index (χ1v) is 10.2. The van der Waals surface area contributed by atoms with E-state index in [4.69, 9.17) is 23.7 Å². The van der Waals surface area contributed by atoms with Crippen molar-refractivity contribution in [2.75, 3.05) is 6.61 Å². The first-order valence-electron chi connectivity index (χ1n) is 10.2. The average Bonchev–Trinajstić information content (AvgIpc) is 3.46. The molecule has 1 spiro atoms. The second-order valence-electron chi connectivity index (χ2n) is 10.5. The molecule has 5 aliphatic heterocycles. The van der Waals surface area contributed by atoms with E-state index in [2.05, 4.69) is 6.92 Å². The van der Waals surface area contributed by atoms with Gasteiger partial charge in [0, 0.05) is 24.2 Å². The van der Waals surface area contributed by atoms with Crippen molar-refractivity contribution in [3.8, 4) is 0 Å². The zero-order valence-corrected chi connectivity index (χ0v) is 15.6. The standard InChI is InChI=1S/C20H22O7/c1-8-6-17-14-15(3,25-14)10-11(20(17,26-17)12(8)21)16(7-23-16)4-5-18-19(10,27-18)9(2)13(22)24-18/h8-11,14H,4-7H2,1-3H3/t8-,9-,10-,11+,14+,15+,16+,17+,18-,19+,20+/m1/s1. The molecule has 0 aromatic heterocycles. The topological polar surface area (TPSA) is 93.5 Å². The summed E-state index contributed by atoms with van der Waals surface area (Å²) < 4.78 is 31.0. The third kappa shape index (κ3) is 1.09. The van der Waals surface area contributed by atoms with Gasteiger partial charge in [0.2, 0.25) is 5.79 Å². The lowest BCUT2D eigenvalue weighted by molar-refractivity contribution is -0.164. The highest BCUT2D eigenvalue weighted by Gasteiger charge is 3.03. The summed E-state index contributed by atoms with van der Waals surface area (Å²) >= 11 is 0. The third-order valence-electron chi connectivity index (χ3n) is 9.57. The van der Waals surface area contributed by atoms with E-state index in [-0.39, 0.29) is 47.1 Å². The Balaban J connectivity index is 1.41. The van der Waals surface area contributed by atoms with Crippen molar-refractivity contribution < 1.29 is 33.3 Å². The molecule has 5 saturated heterocycles. The first kappa shape index (κ1) is 14.9. The largest absolute Gasteiger partial charge is 0.429 e. The SMILES string of the molecule is C[C@@H]1C[C@@]23O[C@]2(C1=O)[C@H]1[C@H]([C@]2(C)O[C@@H]23)[C@]23O[C@@]2(CC[C@]12CO2)OC(=O)[C@H]3C. The van der Waals surface area contributed by atoms with E-state index < -0.39 is 28.2 Å². The zero-order valence-electron chi connectivity index (χ0n) is 15.6. The quantitative estimate of drug-likeness (QED) is 0.456. The summed E-state index contributed by atoms with van der Waals surface area (Å²) in [6.07, 6.45) is 1.94. The Hall–Kier alpha value is -1.02. The number of Topliss-reactive ketones (excluding diaryl/α,β-unsaturated/α-hetero) is 1. The smallest absolute Gasteiger partial charge is 0.314 e. The van der Waals surface area contributed by atoms with E-state index in [0.29, 0.717) is 13.0 Å². The molecule has 0 unspecified atom stereocenters. The summed E-state index contributed by atoms with van der Waals surface area (Å²) in [4.78, 5) is 25.9. The number of epoxide rings is 4. The van der Waals surface area contributed by atoms with Gasteiger partial charge in [-0.2, -0.15) is 0 Å². The minimum absolute atomic E-state index is 0.0359. The number of ether oxygens (including phenoxy) is 5. The molecule has 3 saturated carbocycles. The van der Waals surface area contributed by atoms with Gasteiger partial charge in [0.1, 0.15) is 17.3 Å². The van der Waals surface area contributed by atoms with Crippen LogP contribution in [0.15, 0.2) is 0 Å². The Morgan fingerprint density at radius 1 is 1.07 bits per heavy atom. The lowest BCUT2D eigenvalue weighted by atomic mass is 9.54. The van der Waals surface area contributed by atoms with Crippen LogP contribution in [0.1, 0.15) is 40.0 Å². The van der Waals surface area contributed by atoms with Crippen molar-refractivity contribution in [2.24, 2.45) is 23.7 Å². The summed E-state index contributed by atoms with van der Waals surface area (Å²) in [5.74, 6) is -1.60. The van der Waals surface area contributed by atoms with Crippen molar-refractivity contribution in [2.45, 2.75) is 79.9 Å². The fourth-order valence-corrected chi connectivity index (χ4v) is 8.40. The van der Waals surface area contributed by atoms with Crippen LogP contribution < -0.4 is 0 Å². The van der Waals surface area contributed by atoms with Crippen molar-refractivity contribution >= 4 is 11.8 Å². The molecule has 0 amide bonds. The molecular formula is C20H22O7. The Labute approximate surface area is 156 Å². The summed E-state index contributed by atoms with van der Waals surface area (Å²) in [5, 5.41) is 0. The van der Waals surface area contributed by atoms with Crippen LogP contribution in [-0.4, -0.2) is 58.3 Å². The second-order valence-corrected chi connectivity index (χ2v) is 10.5. The minimum atomic E-state index is -0.875. The monoisotopic (exact) mass is 374 g/mol. The predicted molar refractivity (Wildman–Crippen MR) is 85.3 cm³/mol. The predicted octanol–water partition coefficient (Wildman–Crippen LogP) is 0.728. The Bertz CT molecular complexity index is 897. The molecule has 0 aromatic carbocycles. The number of carbonyl (C=O) groups is 2. The van der Waals surface area contributed by atoms with Gasteiger partial charge < -0.3 is 23.7 Å². The maximum Gasteiger partial charge on any atom is 0.314 e. The number of ketones is 1. The lowest BCUT2D eigenvalue weighted by Crippen LogP contribution is -2.61. The Kier molecular flexibility index (Phi) is 1.88. The molecule has 0 aromatic rings. The normalized spacial score (nSPS) is 73.5. The molecule has 27 heavy (non-hydrogen) atoms.